The second kappa shape index (κ2) is 4.35. The van der Waals surface area contributed by atoms with Gasteiger partial charge in [0.05, 0.1) is 24.2 Å². The van der Waals surface area contributed by atoms with E-state index in [4.69, 9.17) is 16.3 Å². The average Bonchev–Trinajstić information content (AvgIpc) is 2.89. The molecule has 0 aromatic carbocycles. The van der Waals surface area contributed by atoms with Crippen molar-refractivity contribution in [3.05, 3.63) is 18.1 Å². The van der Waals surface area contributed by atoms with Crippen LogP contribution < -0.4 is 4.74 Å². The first-order chi connectivity index (χ1) is 8.58. The van der Waals surface area contributed by atoms with E-state index in [1.807, 2.05) is 13.8 Å². The van der Waals surface area contributed by atoms with Crippen LogP contribution in [0, 0.1) is 5.92 Å². The lowest BCUT2D eigenvalue weighted by Gasteiger charge is -2.30. The van der Waals surface area contributed by atoms with Crippen molar-refractivity contribution in [2.75, 3.05) is 19.6 Å². The molecule has 1 aromatic rings. The Morgan fingerprint density at radius 3 is 2.94 bits per heavy atom. The van der Waals surface area contributed by atoms with E-state index >= 15 is 0 Å². The van der Waals surface area contributed by atoms with Crippen LogP contribution in [0.4, 0.5) is 0 Å². The van der Waals surface area contributed by atoms with Crippen LogP contribution in [0.25, 0.3) is 0 Å². The average molecular weight is 268 g/mol. The Morgan fingerprint density at radius 2 is 2.33 bits per heavy atom. The van der Waals surface area contributed by atoms with Crippen molar-refractivity contribution in [1.82, 2.24) is 14.9 Å². The van der Waals surface area contributed by atoms with E-state index in [-0.39, 0.29) is 11.0 Å². The zero-order valence-electron chi connectivity index (χ0n) is 10.8. The second-order valence-corrected chi connectivity index (χ2v) is 6.17. The molecular weight excluding hydrogens is 250 g/mol. The van der Waals surface area contributed by atoms with Crippen LogP contribution in [0.1, 0.15) is 26.0 Å². The fourth-order valence-corrected chi connectivity index (χ4v) is 3.38. The van der Waals surface area contributed by atoms with Gasteiger partial charge in [0.2, 0.25) is 5.88 Å². The molecule has 2 aliphatic rings. The molecule has 0 radical (unpaired) electrons. The molecule has 18 heavy (non-hydrogen) atoms. The van der Waals surface area contributed by atoms with Crippen molar-refractivity contribution in [2.24, 2.45) is 5.92 Å². The van der Waals surface area contributed by atoms with Gasteiger partial charge in [-0.25, -0.2) is 4.98 Å². The number of halogens is 1. The largest absolute Gasteiger partial charge is 0.474 e. The quantitative estimate of drug-likeness (QED) is 0.786. The zero-order chi connectivity index (χ0) is 12.8. The summed E-state index contributed by atoms with van der Waals surface area (Å²) in [6.45, 7) is 7.08. The Kier molecular flexibility index (Phi) is 2.94. The van der Waals surface area contributed by atoms with Gasteiger partial charge >= 0.3 is 0 Å². The van der Waals surface area contributed by atoms with E-state index in [9.17, 15) is 0 Å². The first-order valence-electron chi connectivity index (χ1n) is 6.48. The molecule has 5 heteroatoms. The number of piperidine rings is 1. The summed E-state index contributed by atoms with van der Waals surface area (Å²) in [5.74, 6) is 1.06. The molecule has 3 unspecified atom stereocenters. The van der Waals surface area contributed by atoms with Gasteiger partial charge in [0.1, 0.15) is 4.87 Å². The Hall–Kier alpha value is -0.870. The van der Waals surface area contributed by atoms with Gasteiger partial charge in [-0.1, -0.05) is 0 Å². The SMILES string of the molecule is CC(C)Oc1cncc(C2(Cl)CN3CCC2C3)n1. The number of ether oxygens (including phenoxy) is 1. The third-order valence-corrected chi connectivity index (χ3v) is 4.39. The lowest BCUT2D eigenvalue weighted by Crippen LogP contribution is -2.35. The molecule has 0 aliphatic carbocycles. The first-order valence-corrected chi connectivity index (χ1v) is 6.86. The molecule has 3 atom stereocenters. The standard InChI is InChI=1S/C13H18ClN3O/c1-9(2)18-12-6-15-5-11(16-12)13(14)8-17-4-3-10(13)7-17/h5-6,9-10H,3-4,7-8H2,1-2H3. The lowest BCUT2D eigenvalue weighted by atomic mass is 9.89. The number of hydrogen-bond donors (Lipinski definition) is 0. The third-order valence-electron chi connectivity index (χ3n) is 3.77. The molecule has 0 N–H and O–H groups in total. The first kappa shape index (κ1) is 12.2. The molecular formula is C13H18ClN3O. The zero-order valence-corrected chi connectivity index (χ0v) is 11.5. The predicted molar refractivity (Wildman–Crippen MR) is 69.9 cm³/mol. The van der Waals surface area contributed by atoms with Gasteiger partial charge in [-0.3, -0.25) is 4.98 Å². The van der Waals surface area contributed by atoms with Gasteiger partial charge in [-0.05, 0) is 32.7 Å². The van der Waals surface area contributed by atoms with Gasteiger partial charge < -0.3 is 9.64 Å². The van der Waals surface area contributed by atoms with Crippen molar-refractivity contribution in [3.63, 3.8) is 0 Å². The third kappa shape index (κ3) is 1.97. The number of fused-ring (bicyclic) bond motifs is 2. The fourth-order valence-electron chi connectivity index (χ4n) is 2.94. The van der Waals surface area contributed by atoms with Gasteiger partial charge in [0.25, 0.3) is 0 Å². The molecule has 2 fully saturated rings. The Bertz CT molecular complexity index is 454. The van der Waals surface area contributed by atoms with E-state index < -0.39 is 0 Å². The lowest BCUT2D eigenvalue weighted by molar-refractivity contribution is 0.229. The molecule has 0 saturated carbocycles. The van der Waals surface area contributed by atoms with Crippen molar-refractivity contribution in [3.8, 4) is 5.88 Å². The summed E-state index contributed by atoms with van der Waals surface area (Å²) in [5.41, 5.74) is 0.856. The number of hydrogen-bond acceptors (Lipinski definition) is 4. The van der Waals surface area contributed by atoms with E-state index in [2.05, 4.69) is 14.9 Å². The molecule has 4 nitrogen and oxygen atoms in total. The molecule has 0 spiro atoms. The number of alkyl halides is 1. The van der Waals surface area contributed by atoms with Crippen LogP contribution >= 0.6 is 11.6 Å². The molecule has 3 rings (SSSR count). The highest BCUT2D eigenvalue weighted by atomic mass is 35.5. The Balaban J connectivity index is 1.88. The molecule has 98 valence electrons. The van der Waals surface area contributed by atoms with Gasteiger partial charge in [-0.2, -0.15) is 0 Å². The highest BCUT2D eigenvalue weighted by Gasteiger charge is 2.51. The maximum atomic E-state index is 6.80. The van der Waals surface area contributed by atoms with Crippen LogP contribution in [0.15, 0.2) is 12.4 Å². The summed E-state index contributed by atoms with van der Waals surface area (Å²) in [6.07, 6.45) is 4.68. The predicted octanol–water partition coefficient (Wildman–Crippen LogP) is 2.03. The molecule has 1 aromatic heterocycles. The molecule has 2 saturated heterocycles. The van der Waals surface area contributed by atoms with Crippen molar-refractivity contribution in [1.29, 1.82) is 0 Å². The van der Waals surface area contributed by atoms with Crippen LogP contribution in [0.3, 0.4) is 0 Å². The molecule has 2 aliphatic heterocycles. The molecule has 3 heterocycles. The van der Waals surface area contributed by atoms with E-state index in [0.29, 0.717) is 11.8 Å². The van der Waals surface area contributed by atoms with E-state index in [1.165, 1.54) is 0 Å². The van der Waals surface area contributed by atoms with Crippen LogP contribution in [0.2, 0.25) is 0 Å². The minimum Gasteiger partial charge on any atom is -0.474 e. The highest BCUT2D eigenvalue weighted by Crippen LogP contribution is 2.47. The van der Waals surface area contributed by atoms with Crippen molar-refractivity contribution in [2.45, 2.75) is 31.2 Å². The Labute approximate surface area is 112 Å². The number of rotatable bonds is 3. The van der Waals surface area contributed by atoms with Crippen LogP contribution in [-0.4, -0.2) is 40.6 Å². The summed E-state index contributed by atoms with van der Waals surface area (Å²) in [6, 6.07) is 0. The summed E-state index contributed by atoms with van der Waals surface area (Å²) in [5, 5.41) is 0. The van der Waals surface area contributed by atoms with Gasteiger partial charge in [0.15, 0.2) is 0 Å². The van der Waals surface area contributed by atoms with Crippen LogP contribution in [-0.2, 0) is 4.87 Å². The van der Waals surface area contributed by atoms with Gasteiger partial charge in [0, 0.05) is 13.1 Å². The summed E-state index contributed by atoms with van der Waals surface area (Å²) >= 11 is 6.80. The van der Waals surface area contributed by atoms with Crippen molar-refractivity contribution >= 4 is 11.6 Å². The van der Waals surface area contributed by atoms with Crippen molar-refractivity contribution < 1.29 is 4.74 Å². The Morgan fingerprint density at radius 1 is 1.50 bits per heavy atom. The number of aromatic nitrogens is 2. The summed E-state index contributed by atoms with van der Waals surface area (Å²) < 4.78 is 5.59. The maximum absolute atomic E-state index is 6.80. The summed E-state index contributed by atoms with van der Waals surface area (Å²) in [7, 11) is 0. The monoisotopic (exact) mass is 267 g/mol. The van der Waals surface area contributed by atoms with Crippen LogP contribution in [0.5, 0.6) is 5.88 Å². The minimum atomic E-state index is -0.373. The summed E-state index contributed by atoms with van der Waals surface area (Å²) in [4.78, 5) is 10.8. The van der Waals surface area contributed by atoms with Gasteiger partial charge in [-0.15, -0.1) is 11.6 Å². The second-order valence-electron chi connectivity index (χ2n) is 5.49. The molecule has 0 amide bonds. The normalized spacial score (nSPS) is 34.2. The maximum Gasteiger partial charge on any atom is 0.232 e. The number of nitrogens with zero attached hydrogens (tertiary/aromatic N) is 3. The highest BCUT2D eigenvalue weighted by molar-refractivity contribution is 6.24. The fraction of sp³-hybridized carbons (Fsp3) is 0.692. The van der Waals surface area contributed by atoms with E-state index in [1.54, 1.807) is 12.4 Å². The topological polar surface area (TPSA) is 38.2 Å². The smallest absolute Gasteiger partial charge is 0.232 e. The van der Waals surface area contributed by atoms with E-state index in [0.717, 1.165) is 31.7 Å². The minimum absolute atomic E-state index is 0.101. The molecule has 2 bridgehead atoms.